The Morgan fingerprint density at radius 2 is 1.83 bits per heavy atom. The fraction of sp³-hybridized carbons (Fsp3) is 0.600. The molecule has 0 spiro atoms. The van der Waals surface area contributed by atoms with Crippen molar-refractivity contribution in [2.45, 2.75) is 20.8 Å². The van der Waals surface area contributed by atoms with Gasteiger partial charge in [0.15, 0.2) is 0 Å². The molecule has 1 N–H and O–H groups in total. The third-order valence-electron chi connectivity index (χ3n) is 2.98. The molecule has 100 valence electrons. The highest BCUT2D eigenvalue weighted by Crippen LogP contribution is 2.29. The zero-order valence-electron chi connectivity index (χ0n) is 11.7. The molecule has 1 aliphatic rings. The maximum atomic E-state index is 5.99. The molecule has 0 unspecified atom stereocenters. The molecule has 1 saturated heterocycles. The first-order valence-corrected chi connectivity index (χ1v) is 6.74. The molecule has 0 atom stereocenters. The Bertz CT molecular complexity index is 378. The minimum absolute atomic E-state index is 0.191. The number of piperazine rings is 1. The predicted molar refractivity (Wildman–Crippen MR) is 76.5 cm³/mol. The van der Waals surface area contributed by atoms with Crippen LogP contribution in [0.15, 0.2) is 24.3 Å². The zero-order valence-corrected chi connectivity index (χ0v) is 11.7. The summed E-state index contributed by atoms with van der Waals surface area (Å²) in [4.78, 5) is 2.40. The van der Waals surface area contributed by atoms with Crippen molar-refractivity contribution in [1.29, 1.82) is 0 Å². The van der Waals surface area contributed by atoms with Crippen molar-refractivity contribution in [1.82, 2.24) is 5.32 Å². The van der Waals surface area contributed by atoms with Crippen LogP contribution in [0.1, 0.15) is 20.8 Å². The molecule has 1 heterocycles. The summed E-state index contributed by atoms with van der Waals surface area (Å²) in [5.74, 6) is 1.01. The maximum absolute atomic E-state index is 5.99. The van der Waals surface area contributed by atoms with Crippen LogP contribution in [0.25, 0.3) is 0 Å². The summed E-state index contributed by atoms with van der Waals surface area (Å²) in [6, 6.07) is 8.36. The topological polar surface area (TPSA) is 24.5 Å². The monoisotopic (exact) mass is 248 g/mol. The van der Waals surface area contributed by atoms with Crippen molar-refractivity contribution >= 4 is 5.69 Å². The quantitative estimate of drug-likeness (QED) is 0.889. The summed E-state index contributed by atoms with van der Waals surface area (Å²) in [5, 5.41) is 3.38. The number of hydrogen-bond donors (Lipinski definition) is 1. The van der Waals surface area contributed by atoms with Crippen LogP contribution in [-0.4, -0.2) is 32.8 Å². The van der Waals surface area contributed by atoms with Gasteiger partial charge < -0.3 is 15.0 Å². The number of rotatable bonds is 3. The molecule has 3 nitrogen and oxygen atoms in total. The largest absolute Gasteiger partial charge is 0.491 e. The number of nitrogens with zero attached hydrogens (tertiary/aromatic N) is 1. The van der Waals surface area contributed by atoms with Crippen molar-refractivity contribution in [2.24, 2.45) is 5.41 Å². The predicted octanol–water partition coefficient (Wildman–Crippen LogP) is 2.52. The van der Waals surface area contributed by atoms with Gasteiger partial charge in [0.05, 0.1) is 12.3 Å². The van der Waals surface area contributed by atoms with E-state index in [0.717, 1.165) is 38.5 Å². The first-order valence-electron chi connectivity index (χ1n) is 6.74. The van der Waals surface area contributed by atoms with Gasteiger partial charge in [-0.1, -0.05) is 32.9 Å². The fourth-order valence-electron chi connectivity index (χ4n) is 2.04. The minimum Gasteiger partial charge on any atom is -0.491 e. The van der Waals surface area contributed by atoms with Crippen LogP contribution in [0.3, 0.4) is 0 Å². The highest BCUT2D eigenvalue weighted by molar-refractivity contribution is 5.58. The minimum atomic E-state index is 0.191. The lowest BCUT2D eigenvalue weighted by Crippen LogP contribution is -2.43. The molecule has 1 aromatic carbocycles. The molecular weight excluding hydrogens is 224 g/mol. The van der Waals surface area contributed by atoms with Crippen LogP contribution in [0.5, 0.6) is 5.75 Å². The summed E-state index contributed by atoms with van der Waals surface area (Å²) < 4.78 is 5.99. The second-order valence-electron chi connectivity index (χ2n) is 6.05. The second-order valence-corrected chi connectivity index (χ2v) is 6.05. The smallest absolute Gasteiger partial charge is 0.142 e. The van der Waals surface area contributed by atoms with E-state index in [2.05, 4.69) is 49.2 Å². The Labute approximate surface area is 110 Å². The molecule has 2 rings (SSSR count). The Kier molecular flexibility index (Phi) is 4.12. The Balaban J connectivity index is 2.09. The second kappa shape index (κ2) is 5.61. The van der Waals surface area contributed by atoms with Crippen molar-refractivity contribution in [3.8, 4) is 5.75 Å². The third kappa shape index (κ3) is 3.64. The van der Waals surface area contributed by atoms with Crippen molar-refractivity contribution in [2.75, 3.05) is 37.7 Å². The number of ether oxygens (including phenoxy) is 1. The number of para-hydroxylation sites is 2. The highest BCUT2D eigenvalue weighted by atomic mass is 16.5. The van der Waals surface area contributed by atoms with Gasteiger partial charge in [-0.05, 0) is 17.5 Å². The molecule has 0 saturated carbocycles. The van der Waals surface area contributed by atoms with Gasteiger partial charge in [-0.2, -0.15) is 0 Å². The first kappa shape index (κ1) is 13.2. The lowest BCUT2D eigenvalue weighted by molar-refractivity contribution is 0.198. The Hall–Kier alpha value is -1.22. The molecule has 0 amide bonds. The Morgan fingerprint density at radius 3 is 2.50 bits per heavy atom. The van der Waals surface area contributed by atoms with Crippen molar-refractivity contribution in [3.63, 3.8) is 0 Å². The average Bonchev–Trinajstić information content (AvgIpc) is 2.37. The normalized spacial score (nSPS) is 16.7. The van der Waals surface area contributed by atoms with Gasteiger partial charge in [0.2, 0.25) is 0 Å². The van der Waals surface area contributed by atoms with Gasteiger partial charge in [-0.25, -0.2) is 0 Å². The van der Waals surface area contributed by atoms with Gasteiger partial charge in [0, 0.05) is 26.2 Å². The molecule has 1 aliphatic heterocycles. The van der Waals surface area contributed by atoms with E-state index in [1.165, 1.54) is 5.69 Å². The first-order chi connectivity index (χ1) is 8.56. The molecular formula is C15H24N2O. The molecule has 18 heavy (non-hydrogen) atoms. The van der Waals surface area contributed by atoms with E-state index in [0.29, 0.717) is 0 Å². The maximum Gasteiger partial charge on any atom is 0.142 e. The van der Waals surface area contributed by atoms with Crippen molar-refractivity contribution in [3.05, 3.63) is 24.3 Å². The van der Waals surface area contributed by atoms with Crippen molar-refractivity contribution < 1.29 is 4.74 Å². The average molecular weight is 248 g/mol. The summed E-state index contributed by atoms with van der Waals surface area (Å²) in [7, 11) is 0. The molecule has 0 radical (unpaired) electrons. The van der Waals surface area contributed by atoms with E-state index in [9.17, 15) is 0 Å². The van der Waals surface area contributed by atoms with Crippen LogP contribution in [-0.2, 0) is 0 Å². The summed E-state index contributed by atoms with van der Waals surface area (Å²) >= 11 is 0. The Morgan fingerprint density at radius 1 is 1.17 bits per heavy atom. The molecule has 1 aromatic rings. The zero-order chi connectivity index (χ0) is 13.0. The van der Waals surface area contributed by atoms with E-state index in [1.54, 1.807) is 0 Å². The van der Waals surface area contributed by atoms with E-state index in [1.807, 2.05) is 6.07 Å². The number of anilines is 1. The fourth-order valence-corrected chi connectivity index (χ4v) is 2.04. The lowest BCUT2D eigenvalue weighted by Gasteiger charge is -2.31. The van der Waals surface area contributed by atoms with Crippen LogP contribution >= 0.6 is 0 Å². The lowest BCUT2D eigenvalue weighted by atomic mass is 9.99. The number of nitrogens with one attached hydrogen (secondary N) is 1. The summed E-state index contributed by atoms with van der Waals surface area (Å²) in [6.07, 6.45) is 0. The summed E-state index contributed by atoms with van der Waals surface area (Å²) in [5.41, 5.74) is 1.42. The SMILES string of the molecule is CC(C)(C)COc1ccccc1N1CCNCC1. The molecule has 0 aliphatic carbocycles. The summed E-state index contributed by atoms with van der Waals surface area (Å²) in [6.45, 7) is 11.5. The standard InChI is InChI=1S/C15H24N2O/c1-15(2,3)12-18-14-7-5-4-6-13(14)17-10-8-16-9-11-17/h4-7,16H,8-12H2,1-3H3. The van der Waals surface area contributed by atoms with Crippen LogP contribution in [0.2, 0.25) is 0 Å². The van der Waals surface area contributed by atoms with E-state index in [-0.39, 0.29) is 5.41 Å². The van der Waals surface area contributed by atoms with Gasteiger partial charge in [0.25, 0.3) is 0 Å². The molecule has 0 aromatic heterocycles. The number of benzene rings is 1. The highest BCUT2D eigenvalue weighted by Gasteiger charge is 2.16. The molecule has 3 heteroatoms. The van der Waals surface area contributed by atoms with E-state index < -0.39 is 0 Å². The van der Waals surface area contributed by atoms with Gasteiger partial charge in [-0.15, -0.1) is 0 Å². The van der Waals surface area contributed by atoms with Gasteiger partial charge in [0.1, 0.15) is 5.75 Å². The van der Waals surface area contributed by atoms with E-state index in [4.69, 9.17) is 4.74 Å². The van der Waals surface area contributed by atoms with Crippen LogP contribution < -0.4 is 15.0 Å². The van der Waals surface area contributed by atoms with Crippen LogP contribution in [0.4, 0.5) is 5.69 Å². The van der Waals surface area contributed by atoms with Gasteiger partial charge >= 0.3 is 0 Å². The van der Waals surface area contributed by atoms with Crippen LogP contribution in [0, 0.1) is 5.41 Å². The molecule has 1 fully saturated rings. The van der Waals surface area contributed by atoms with Gasteiger partial charge in [-0.3, -0.25) is 0 Å². The number of hydrogen-bond acceptors (Lipinski definition) is 3. The third-order valence-corrected chi connectivity index (χ3v) is 2.98. The van der Waals surface area contributed by atoms with E-state index >= 15 is 0 Å². The molecule has 0 bridgehead atoms.